The SMILES string of the molecule is CC(C)Cn1ncnc1CN1CCC(C(=O)O)C1C. The normalized spacial score (nSPS) is 24.2. The highest BCUT2D eigenvalue weighted by Crippen LogP contribution is 2.25. The highest BCUT2D eigenvalue weighted by Gasteiger charge is 2.35. The Kier molecular flexibility index (Phi) is 4.19. The zero-order valence-electron chi connectivity index (χ0n) is 11.8. The molecule has 106 valence electrons. The van der Waals surface area contributed by atoms with Crippen LogP contribution in [-0.2, 0) is 17.9 Å². The number of likely N-dealkylation sites (tertiary alicyclic amines) is 1. The van der Waals surface area contributed by atoms with Crippen LogP contribution >= 0.6 is 0 Å². The van der Waals surface area contributed by atoms with Crippen molar-refractivity contribution in [1.29, 1.82) is 0 Å². The summed E-state index contributed by atoms with van der Waals surface area (Å²) in [6.45, 7) is 8.61. The summed E-state index contributed by atoms with van der Waals surface area (Å²) in [6.07, 6.45) is 2.29. The van der Waals surface area contributed by atoms with E-state index in [-0.39, 0.29) is 12.0 Å². The van der Waals surface area contributed by atoms with Crippen LogP contribution in [0.4, 0.5) is 0 Å². The molecule has 1 aromatic rings. The Bertz CT molecular complexity index is 444. The van der Waals surface area contributed by atoms with Gasteiger partial charge < -0.3 is 5.11 Å². The average molecular weight is 266 g/mol. The second-order valence-corrected chi connectivity index (χ2v) is 5.70. The van der Waals surface area contributed by atoms with Gasteiger partial charge in [0, 0.05) is 12.6 Å². The van der Waals surface area contributed by atoms with Gasteiger partial charge in [0.15, 0.2) is 0 Å². The largest absolute Gasteiger partial charge is 0.481 e. The van der Waals surface area contributed by atoms with Crippen molar-refractivity contribution in [3.05, 3.63) is 12.2 Å². The number of carboxylic acids is 1. The Labute approximate surface area is 113 Å². The molecule has 0 spiro atoms. The first-order valence-electron chi connectivity index (χ1n) is 6.82. The molecule has 1 aliphatic heterocycles. The summed E-state index contributed by atoms with van der Waals surface area (Å²) in [6, 6.07) is 0.0571. The van der Waals surface area contributed by atoms with Crippen LogP contribution in [0.2, 0.25) is 0 Å². The van der Waals surface area contributed by atoms with Crippen molar-refractivity contribution in [3.63, 3.8) is 0 Å². The smallest absolute Gasteiger partial charge is 0.308 e. The number of carbonyl (C=O) groups is 1. The molecule has 1 aromatic heterocycles. The Morgan fingerprint density at radius 1 is 1.58 bits per heavy atom. The molecule has 0 aliphatic carbocycles. The molecule has 1 aliphatic rings. The number of carboxylic acid groups (broad SMARTS) is 1. The summed E-state index contributed by atoms with van der Waals surface area (Å²) in [5, 5.41) is 13.4. The molecule has 6 heteroatoms. The van der Waals surface area contributed by atoms with Gasteiger partial charge in [-0.2, -0.15) is 5.10 Å². The van der Waals surface area contributed by atoms with Crippen molar-refractivity contribution in [1.82, 2.24) is 19.7 Å². The van der Waals surface area contributed by atoms with E-state index in [2.05, 4.69) is 28.8 Å². The van der Waals surface area contributed by atoms with Gasteiger partial charge in [-0.1, -0.05) is 13.8 Å². The van der Waals surface area contributed by atoms with Crippen LogP contribution in [0.5, 0.6) is 0 Å². The van der Waals surface area contributed by atoms with Gasteiger partial charge in [0.1, 0.15) is 12.2 Å². The fourth-order valence-corrected chi connectivity index (χ4v) is 2.65. The molecule has 0 saturated carbocycles. The molecule has 6 nitrogen and oxygen atoms in total. The molecule has 2 atom stereocenters. The third-order valence-electron chi connectivity index (χ3n) is 3.78. The van der Waals surface area contributed by atoms with Gasteiger partial charge in [-0.3, -0.25) is 9.69 Å². The molecule has 0 bridgehead atoms. The third-order valence-corrected chi connectivity index (χ3v) is 3.78. The standard InChI is InChI=1S/C13H22N4O2/c1-9(2)6-17-12(14-8-15-17)7-16-5-4-11(10(16)3)13(18)19/h8-11H,4-7H2,1-3H3,(H,18,19). The molecule has 0 radical (unpaired) electrons. The molecule has 2 heterocycles. The highest BCUT2D eigenvalue weighted by atomic mass is 16.4. The van der Waals surface area contributed by atoms with Crippen LogP contribution in [-0.4, -0.2) is 43.3 Å². The first kappa shape index (κ1) is 14.0. The van der Waals surface area contributed by atoms with E-state index in [1.54, 1.807) is 6.33 Å². The summed E-state index contributed by atoms with van der Waals surface area (Å²) < 4.78 is 1.92. The van der Waals surface area contributed by atoms with Crippen LogP contribution in [0.3, 0.4) is 0 Å². The minimum atomic E-state index is -0.696. The van der Waals surface area contributed by atoms with Crippen LogP contribution in [0.25, 0.3) is 0 Å². The zero-order valence-corrected chi connectivity index (χ0v) is 11.8. The molecule has 1 saturated heterocycles. The van der Waals surface area contributed by atoms with Gasteiger partial charge in [-0.05, 0) is 25.8 Å². The molecule has 0 aromatic carbocycles. The van der Waals surface area contributed by atoms with E-state index >= 15 is 0 Å². The predicted molar refractivity (Wildman–Crippen MR) is 70.5 cm³/mol. The number of aliphatic carboxylic acids is 1. The lowest BCUT2D eigenvalue weighted by atomic mass is 10.0. The topological polar surface area (TPSA) is 71.2 Å². The Morgan fingerprint density at radius 3 is 2.89 bits per heavy atom. The van der Waals surface area contributed by atoms with Gasteiger partial charge in [0.2, 0.25) is 0 Å². The summed E-state index contributed by atoms with van der Waals surface area (Å²) in [5.74, 6) is 0.481. The molecule has 2 rings (SSSR count). The van der Waals surface area contributed by atoms with E-state index in [4.69, 9.17) is 5.11 Å². The van der Waals surface area contributed by atoms with Crippen molar-refractivity contribution in [2.24, 2.45) is 11.8 Å². The van der Waals surface area contributed by atoms with Gasteiger partial charge >= 0.3 is 5.97 Å². The van der Waals surface area contributed by atoms with Crippen LogP contribution in [0, 0.1) is 11.8 Å². The maximum atomic E-state index is 11.1. The second-order valence-electron chi connectivity index (χ2n) is 5.70. The Balaban J connectivity index is 2.02. The first-order chi connectivity index (χ1) is 8.99. The van der Waals surface area contributed by atoms with Crippen molar-refractivity contribution in [3.8, 4) is 0 Å². The lowest BCUT2D eigenvalue weighted by Crippen LogP contribution is -2.33. The summed E-state index contributed by atoms with van der Waals surface area (Å²) in [7, 11) is 0. The number of hydrogen-bond acceptors (Lipinski definition) is 4. The molecule has 0 amide bonds. The summed E-state index contributed by atoms with van der Waals surface area (Å²) >= 11 is 0. The summed E-state index contributed by atoms with van der Waals surface area (Å²) in [4.78, 5) is 17.6. The minimum Gasteiger partial charge on any atom is -0.481 e. The molecular weight excluding hydrogens is 244 g/mol. The van der Waals surface area contributed by atoms with Gasteiger partial charge in [0.05, 0.1) is 12.5 Å². The van der Waals surface area contributed by atoms with Gasteiger partial charge in [-0.25, -0.2) is 9.67 Å². The predicted octanol–water partition coefficient (Wildman–Crippen LogP) is 1.23. The van der Waals surface area contributed by atoms with Crippen LogP contribution in [0.15, 0.2) is 6.33 Å². The molecular formula is C13H22N4O2. The number of nitrogens with zero attached hydrogens (tertiary/aromatic N) is 4. The van der Waals surface area contributed by atoms with E-state index in [1.165, 1.54) is 0 Å². The average Bonchev–Trinajstić information content (AvgIpc) is 2.88. The Hall–Kier alpha value is -1.43. The molecule has 1 fully saturated rings. The van der Waals surface area contributed by atoms with Crippen LogP contribution in [0.1, 0.15) is 33.0 Å². The van der Waals surface area contributed by atoms with Crippen molar-refractivity contribution in [2.45, 2.75) is 46.3 Å². The van der Waals surface area contributed by atoms with E-state index in [1.807, 2.05) is 11.6 Å². The first-order valence-corrected chi connectivity index (χ1v) is 6.82. The molecule has 2 unspecified atom stereocenters. The van der Waals surface area contributed by atoms with E-state index in [9.17, 15) is 4.79 Å². The zero-order chi connectivity index (χ0) is 14.0. The quantitative estimate of drug-likeness (QED) is 0.868. The number of rotatable bonds is 5. The molecule has 1 N–H and O–H groups in total. The summed E-state index contributed by atoms with van der Waals surface area (Å²) in [5.41, 5.74) is 0. The highest BCUT2D eigenvalue weighted by molar-refractivity contribution is 5.71. The second kappa shape index (κ2) is 5.69. The van der Waals surface area contributed by atoms with Crippen LogP contribution < -0.4 is 0 Å². The molecule has 19 heavy (non-hydrogen) atoms. The minimum absolute atomic E-state index is 0.0571. The van der Waals surface area contributed by atoms with Gasteiger partial charge in [-0.15, -0.1) is 0 Å². The van der Waals surface area contributed by atoms with Crippen molar-refractivity contribution < 1.29 is 9.90 Å². The monoisotopic (exact) mass is 266 g/mol. The number of hydrogen-bond donors (Lipinski definition) is 1. The fourth-order valence-electron chi connectivity index (χ4n) is 2.65. The number of aromatic nitrogens is 3. The third kappa shape index (κ3) is 3.12. The maximum Gasteiger partial charge on any atom is 0.308 e. The van der Waals surface area contributed by atoms with Crippen molar-refractivity contribution >= 4 is 5.97 Å². The van der Waals surface area contributed by atoms with Crippen molar-refractivity contribution in [2.75, 3.05) is 6.54 Å². The fraction of sp³-hybridized carbons (Fsp3) is 0.769. The Morgan fingerprint density at radius 2 is 2.32 bits per heavy atom. The lowest BCUT2D eigenvalue weighted by Gasteiger charge is -2.22. The maximum absolute atomic E-state index is 11.1. The van der Waals surface area contributed by atoms with E-state index < -0.39 is 5.97 Å². The lowest BCUT2D eigenvalue weighted by molar-refractivity contribution is -0.142. The van der Waals surface area contributed by atoms with Gasteiger partial charge in [0.25, 0.3) is 0 Å². The van der Waals surface area contributed by atoms with E-state index in [0.29, 0.717) is 12.5 Å². The van der Waals surface area contributed by atoms with E-state index in [0.717, 1.165) is 25.3 Å².